The first kappa shape index (κ1) is 7.79. The predicted octanol–water partition coefficient (Wildman–Crippen LogP) is 0.972. The number of nitrogens with zero attached hydrogens (tertiary/aromatic N) is 2. The lowest BCUT2D eigenvalue weighted by Gasteiger charge is -2.11. The molecule has 1 aromatic carbocycles. The third kappa shape index (κ3) is 1.80. The second-order valence-corrected chi connectivity index (χ2v) is 2.62. The lowest BCUT2D eigenvalue weighted by Crippen LogP contribution is -2.08. The maximum Gasteiger partial charge on any atom is 0.0568 e. The zero-order chi connectivity index (χ0) is 8.27. The number of hydrogen-bond donors (Lipinski definition) is 0. The van der Waals surface area contributed by atoms with E-state index in [2.05, 4.69) is 0 Å². The quantitative estimate of drug-likeness (QED) is 0.572. The molecule has 0 aliphatic heterocycles. The van der Waals surface area contributed by atoms with Crippen molar-refractivity contribution in [1.29, 1.82) is 0 Å². The Balaban J connectivity index is 2.91. The summed E-state index contributed by atoms with van der Waals surface area (Å²) in [5.74, 6) is 0. The van der Waals surface area contributed by atoms with Gasteiger partial charge in [0.25, 0.3) is 0 Å². The molecule has 0 heterocycles. The topological polar surface area (TPSA) is 25.5 Å². The molecule has 0 atom stereocenters. The summed E-state index contributed by atoms with van der Waals surface area (Å²) in [6, 6.07) is 7.66. The van der Waals surface area contributed by atoms with Crippen LogP contribution in [0.15, 0.2) is 24.3 Å². The van der Waals surface area contributed by atoms with Crippen LogP contribution in [0.5, 0.6) is 0 Å². The first-order chi connectivity index (χ1) is 5.24. The van der Waals surface area contributed by atoms with E-state index in [9.17, 15) is 0 Å². The van der Waals surface area contributed by atoms with E-state index in [1.807, 2.05) is 43.3 Å². The molecule has 0 unspecified atom stereocenters. The molecule has 11 heavy (non-hydrogen) atoms. The van der Waals surface area contributed by atoms with Crippen molar-refractivity contribution in [2.45, 2.75) is 0 Å². The fraction of sp³-hybridized carbons (Fsp3) is 0.222. The predicted molar refractivity (Wildman–Crippen MR) is 48.1 cm³/mol. The molecule has 0 fully saturated rings. The van der Waals surface area contributed by atoms with Crippen molar-refractivity contribution >= 4 is 11.9 Å². The molecular formula is C9H11N2. The Morgan fingerprint density at radius 1 is 1.18 bits per heavy atom. The van der Waals surface area contributed by atoms with Gasteiger partial charge < -0.3 is 4.90 Å². The van der Waals surface area contributed by atoms with Gasteiger partial charge in [0, 0.05) is 19.8 Å². The highest BCUT2D eigenvalue weighted by atomic mass is 15.1. The summed E-state index contributed by atoms with van der Waals surface area (Å²) in [4.78, 5) is 2.02. The third-order valence-corrected chi connectivity index (χ3v) is 1.56. The average molecular weight is 147 g/mol. The van der Waals surface area contributed by atoms with Crippen molar-refractivity contribution in [3.8, 4) is 0 Å². The Labute approximate surface area is 67.0 Å². The van der Waals surface area contributed by atoms with Gasteiger partial charge in [0.1, 0.15) is 0 Å². The van der Waals surface area contributed by atoms with Crippen LogP contribution in [0, 0.1) is 0 Å². The van der Waals surface area contributed by atoms with Gasteiger partial charge in [-0.05, 0) is 17.7 Å². The van der Waals surface area contributed by atoms with Gasteiger partial charge in [-0.2, -0.15) is 5.41 Å². The lowest BCUT2D eigenvalue weighted by molar-refractivity contribution is 1.13. The minimum Gasteiger partial charge on any atom is -0.378 e. The molecule has 0 bridgehead atoms. The van der Waals surface area contributed by atoms with Crippen LogP contribution in [0.2, 0.25) is 0 Å². The summed E-state index contributed by atoms with van der Waals surface area (Å²) in [7, 11) is 3.97. The van der Waals surface area contributed by atoms with E-state index in [4.69, 9.17) is 5.41 Å². The van der Waals surface area contributed by atoms with Crippen molar-refractivity contribution in [2.24, 2.45) is 0 Å². The molecule has 0 N–H and O–H groups in total. The zero-order valence-corrected chi connectivity index (χ0v) is 6.78. The number of benzene rings is 1. The van der Waals surface area contributed by atoms with E-state index in [1.54, 1.807) is 0 Å². The molecule has 0 amide bonds. The Kier molecular flexibility index (Phi) is 2.26. The molecule has 1 aromatic rings. The largest absolute Gasteiger partial charge is 0.378 e. The van der Waals surface area contributed by atoms with E-state index in [0.717, 1.165) is 17.5 Å². The second-order valence-electron chi connectivity index (χ2n) is 2.62. The van der Waals surface area contributed by atoms with Crippen LogP contribution in [-0.4, -0.2) is 20.3 Å². The molecule has 2 heteroatoms. The minimum atomic E-state index is 0.829. The summed E-state index contributed by atoms with van der Waals surface area (Å²) in [5.41, 5.74) is 1.96. The molecule has 0 spiro atoms. The molecule has 1 rings (SSSR count). The van der Waals surface area contributed by atoms with Gasteiger partial charge in [-0.3, -0.25) is 0 Å². The monoisotopic (exact) mass is 147 g/mol. The highest BCUT2D eigenvalue weighted by Gasteiger charge is 1.92. The molecule has 0 saturated carbocycles. The van der Waals surface area contributed by atoms with Crippen LogP contribution >= 0.6 is 0 Å². The Hall–Kier alpha value is -1.31. The van der Waals surface area contributed by atoms with E-state index < -0.39 is 0 Å². The van der Waals surface area contributed by atoms with Gasteiger partial charge in [0.15, 0.2) is 0 Å². The Morgan fingerprint density at radius 2 is 1.73 bits per heavy atom. The number of rotatable bonds is 2. The van der Waals surface area contributed by atoms with Crippen molar-refractivity contribution in [1.82, 2.24) is 5.41 Å². The molecular weight excluding hydrogens is 136 g/mol. The van der Waals surface area contributed by atoms with Crippen LogP contribution in [-0.2, 0) is 0 Å². The molecule has 57 valence electrons. The normalized spacial score (nSPS) is 9.27. The molecule has 2 nitrogen and oxygen atoms in total. The summed E-state index contributed by atoms with van der Waals surface area (Å²) in [6.07, 6.45) is 1.10. The van der Waals surface area contributed by atoms with E-state index in [1.165, 1.54) is 0 Å². The van der Waals surface area contributed by atoms with E-state index in [-0.39, 0.29) is 0 Å². The first-order valence-electron chi connectivity index (χ1n) is 3.49. The van der Waals surface area contributed by atoms with Gasteiger partial charge in [-0.15, -0.1) is 0 Å². The molecule has 1 radical (unpaired) electrons. The maximum absolute atomic E-state index is 8.63. The van der Waals surface area contributed by atoms with Crippen LogP contribution < -0.4 is 10.3 Å². The van der Waals surface area contributed by atoms with E-state index in [0.29, 0.717) is 0 Å². The standard InChI is InChI=1S/C9H11N2/c1-11(2)9-5-3-8(7-10)4-6-9/h3-7H,1-2H3. The first-order valence-corrected chi connectivity index (χ1v) is 3.49. The fourth-order valence-electron chi connectivity index (χ4n) is 0.859. The smallest absolute Gasteiger partial charge is 0.0568 e. The van der Waals surface area contributed by atoms with Gasteiger partial charge in [0.2, 0.25) is 0 Å². The lowest BCUT2D eigenvalue weighted by atomic mass is 10.2. The number of hydrogen-bond acceptors (Lipinski definition) is 1. The van der Waals surface area contributed by atoms with Crippen LogP contribution in [0.3, 0.4) is 0 Å². The SMILES string of the molecule is CN(C)c1ccc(C=[N])cc1. The fourth-order valence-corrected chi connectivity index (χ4v) is 0.859. The Morgan fingerprint density at radius 3 is 2.09 bits per heavy atom. The second kappa shape index (κ2) is 3.19. The minimum absolute atomic E-state index is 0.829. The van der Waals surface area contributed by atoms with Crippen LogP contribution in [0.25, 0.3) is 0 Å². The van der Waals surface area contributed by atoms with Gasteiger partial charge >= 0.3 is 0 Å². The summed E-state index contributed by atoms with van der Waals surface area (Å²) in [6.45, 7) is 0. The van der Waals surface area contributed by atoms with Crippen LogP contribution in [0.1, 0.15) is 5.56 Å². The maximum atomic E-state index is 8.63. The van der Waals surface area contributed by atoms with Crippen LogP contribution in [0.4, 0.5) is 5.69 Å². The van der Waals surface area contributed by atoms with Crippen molar-refractivity contribution in [2.75, 3.05) is 19.0 Å². The highest BCUT2D eigenvalue weighted by molar-refractivity contribution is 5.78. The highest BCUT2D eigenvalue weighted by Crippen LogP contribution is 2.10. The summed E-state index contributed by atoms with van der Waals surface area (Å²) >= 11 is 0. The van der Waals surface area contributed by atoms with Gasteiger partial charge in [-0.25, -0.2) is 0 Å². The number of anilines is 1. The van der Waals surface area contributed by atoms with Crippen molar-refractivity contribution < 1.29 is 0 Å². The molecule has 0 aromatic heterocycles. The molecule has 0 aliphatic carbocycles. The third-order valence-electron chi connectivity index (χ3n) is 1.56. The van der Waals surface area contributed by atoms with Crippen molar-refractivity contribution in [3.05, 3.63) is 29.8 Å². The molecule has 0 saturated heterocycles. The zero-order valence-electron chi connectivity index (χ0n) is 6.78. The average Bonchev–Trinajstić information content (AvgIpc) is 2.05. The summed E-state index contributed by atoms with van der Waals surface area (Å²) in [5, 5.41) is 8.63. The van der Waals surface area contributed by atoms with Gasteiger partial charge in [0.05, 0.1) is 6.21 Å². The molecule has 0 aliphatic rings. The van der Waals surface area contributed by atoms with Gasteiger partial charge in [-0.1, -0.05) is 12.1 Å². The Bertz CT molecular complexity index is 236. The van der Waals surface area contributed by atoms with E-state index >= 15 is 0 Å². The van der Waals surface area contributed by atoms with Crippen molar-refractivity contribution in [3.63, 3.8) is 0 Å². The summed E-state index contributed by atoms with van der Waals surface area (Å²) < 4.78 is 0.